The molecule has 1 heterocycles. The summed E-state index contributed by atoms with van der Waals surface area (Å²) >= 11 is 0. The van der Waals surface area contributed by atoms with Gasteiger partial charge in [0.1, 0.15) is 0 Å². The van der Waals surface area contributed by atoms with Crippen LogP contribution in [0.3, 0.4) is 0 Å². The van der Waals surface area contributed by atoms with Gasteiger partial charge in [0, 0.05) is 25.7 Å². The van der Waals surface area contributed by atoms with E-state index in [0.717, 1.165) is 37.3 Å². The molecule has 1 aliphatic heterocycles. The maximum atomic E-state index is 10.9. The fourth-order valence-electron chi connectivity index (χ4n) is 2.30. The van der Waals surface area contributed by atoms with Crippen LogP contribution in [0.2, 0.25) is 0 Å². The summed E-state index contributed by atoms with van der Waals surface area (Å²) in [6.07, 6.45) is 0.108. The van der Waals surface area contributed by atoms with Gasteiger partial charge in [-0.05, 0) is 17.7 Å². The minimum atomic E-state index is -0.768. The molecular formula is C14H20N2O2. The molecule has 1 fully saturated rings. The van der Waals surface area contributed by atoms with Crippen LogP contribution in [0, 0.1) is 0 Å². The zero-order valence-electron chi connectivity index (χ0n) is 10.7. The molecule has 1 aromatic rings. The van der Waals surface area contributed by atoms with E-state index in [0.29, 0.717) is 6.04 Å². The molecule has 2 rings (SSSR count). The third-order valence-electron chi connectivity index (χ3n) is 3.52. The van der Waals surface area contributed by atoms with Gasteiger partial charge in [-0.2, -0.15) is 0 Å². The highest BCUT2D eigenvalue weighted by Gasteiger charge is 2.23. The molecule has 1 aliphatic rings. The zero-order valence-corrected chi connectivity index (χ0v) is 10.7. The first-order valence-electron chi connectivity index (χ1n) is 6.44. The van der Waals surface area contributed by atoms with Crippen LogP contribution in [0.25, 0.3) is 0 Å². The molecular weight excluding hydrogens is 228 g/mol. The van der Waals surface area contributed by atoms with E-state index in [2.05, 4.69) is 17.1 Å². The molecule has 1 saturated heterocycles. The third-order valence-corrected chi connectivity index (χ3v) is 3.52. The smallest absolute Gasteiger partial charge is 0.307 e. The first kappa shape index (κ1) is 13.1. The molecule has 4 nitrogen and oxygen atoms in total. The largest absolute Gasteiger partial charge is 0.481 e. The number of benzene rings is 1. The van der Waals surface area contributed by atoms with Gasteiger partial charge < -0.3 is 10.4 Å². The maximum Gasteiger partial charge on any atom is 0.307 e. The van der Waals surface area contributed by atoms with E-state index in [1.165, 1.54) is 0 Å². The second kappa shape index (κ2) is 5.98. The molecule has 0 radical (unpaired) electrons. The van der Waals surface area contributed by atoms with Crippen LogP contribution < -0.4 is 5.32 Å². The number of rotatable bonds is 6. The third kappa shape index (κ3) is 3.09. The number of hydrogen-bond donors (Lipinski definition) is 2. The van der Waals surface area contributed by atoms with Crippen LogP contribution in [-0.4, -0.2) is 41.7 Å². The molecule has 1 aromatic carbocycles. The molecule has 0 atom stereocenters. The van der Waals surface area contributed by atoms with Gasteiger partial charge in [-0.15, -0.1) is 0 Å². The van der Waals surface area contributed by atoms with Gasteiger partial charge in [0.15, 0.2) is 0 Å². The lowest BCUT2D eigenvalue weighted by atomic mass is 10.0. The molecule has 0 saturated carbocycles. The number of nitrogens with zero attached hydrogens (tertiary/aromatic N) is 1. The van der Waals surface area contributed by atoms with Crippen molar-refractivity contribution in [3.8, 4) is 0 Å². The fourth-order valence-corrected chi connectivity index (χ4v) is 2.30. The molecule has 0 amide bonds. The maximum absolute atomic E-state index is 10.9. The molecule has 98 valence electrons. The Morgan fingerprint density at radius 1 is 1.39 bits per heavy atom. The fraction of sp³-hybridized carbons (Fsp3) is 0.500. The van der Waals surface area contributed by atoms with Crippen LogP contribution in [0.5, 0.6) is 0 Å². The van der Waals surface area contributed by atoms with E-state index < -0.39 is 5.97 Å². The molecule has 0 aliphatic carbocycles. The molecule has 0 spiro atoms. The lowest BCUT2D eigenvalue weighted by Crippen LogP contribution is -2.56. The predicted molar refractivity (Wildman–Crippen MR) is 70.5 cm³/mol. The van der Waals surface area contributed by atoms with Crippen LogP contribution in [-0.2, 0) is 17.8 Å². The summed E-state index contributed by atoms with van der Waals surface area (Å²) < 4.78 is 0. The zero-order chi connectivity index (χ0) is 13.0. The summed E-state index contributed by atoms with van der Waals surface area (Å²) in [7, 11) is 0. The molecule has 0 unspecified atom stereocenters. The van der Waals surface area contributed by atoms with Crippen molar-refractivity contribution >= 4 is 5.97 Å². The predicted octanol–water partition coefficient (Wildman–Crippen LogP) is 1.11. The summed E-state index contributed by atoms with van der Waals surface area (Å²) in [6.45, 7) is 6.06. The molecule has 4 heteroatoms. The van der Waals surface area contributed by atoms with E-state index in [1.807, 2.05) is 24.3 Å². The number of hydrogen-bond acceptors (Lipinski definition) is 3. The van der Waals surface area contributed by atoms with Crippen molar-refractivity contribution in [3.63, 3.8) is 0 Å². The lowest BCUT2D eigenvalue weighted by molar-refractivity contribution is -0.136. The summed E-state index contributed by atoms with van der Waals surface area (Å²) in [5.74, 6) is -0.768. The average Bonchev–Trinajstić information content (AvgIpc) is 2.27. The van der Waals surface area contributed by atoms with E-state index in [-0.39, 0.29) is 6.42 Å². The number of carbonyl (C=O) groups is 1. The molecule has 0 aromatic heterocycles. The lowest BCUT2D eigenvalue weighted by Gasteiger charge is -2.38. The molecule has 0 bridgehead atoms. The number of carboxylic acids is 1. The summed E-state index contributed by atoms with van der Waals surface area (Å²) in [4.78, 5) is 13.3. The second-order valence-corrected chi connectivity index (χ2v) is 4.71. The Hall–Kier alpha value is -1.39. The average molecular weight is 248 g/mol. The van der Waals surface area contributed by atoms with Gasteiger partial charge in [-0.25, -0.2) is 0 Å². The second-order valence-electron chi connectivity index (χ2n) is 4.71. The number of aliphatic carboxylic acids is 1. The monoisotopic (exact) mass is 248 g/mol. The quantitative estimate of drug-likeness (QED) is 0.792. The Morgan fingerprint density at radius 2 is 2.06 bits per heavy atom. The van der Waals surface area contributed by atoms with E-state index in [4.69, 9.17) is 5.11 Å². The van der Waals surface area contributed by atoms with E-state index in [1.54, 1.807) is 0 Å². The van der Waals surface area contributed by atoms with Gasteiger partial charge in [-0.1, -0.05) is 31.2 Å². The standard InChI is InChI=1S/C14H20N2O2/c1-2-16(13-8-15-9-13)10-12-6-4-3-5-11(12)7-14(17)18/h3-6,13,15H,2,7-10H2,1H3,(H,17,18). The number of carboxylic acid groups (broad SMARTS) is 1. The number of likely N-dealkylation sites (N-methyl/N-ethyl adjacent to an activating group) is 1. The Morgan fingerprint density at radius 3 is 2.56 bits per heavy atom. The summed E-state index contributed by atoms with van der Waals surface area (Å²) in [6, 6.07) is 8.42. The van der Waals surface area contributed by atoms with Crippen molar-refractivity contribution in [2.45, 2.75) is 25.9 Å². The van der Waals surface area contributed by atoms with Gasteiger partial charge in [0.25, 0.3) is 0 Å². The van der Waals surface area contributed by atoms with E-state index in [9.17, 15) is 4.79 Å². The van der Waals surface area contributed by atoms with Gasteiger partial charge >= 0.3 is 5.97 Å². The Kier molecular flexibility index (Phi) is 4.33. The summed E-state index contributed by atoms with van der Waals surface area (Å²) in [5, 5.41) is 12.2. The van der Waals surface area contributed by atoms with Gasteiger partial charge in [0.2, 0.25) is 0 Å². The highest BCUT2D eigenvalue weighted by Crippen LogP contribution is 2.15. The molecule has 18 heavy (non-hydrogen) atoms. The van der Waals surface area contributed by atoms with Crippen molar-refractivity contribution in [1.29, 1.82) is 0 Å². The summed E-state index contributed by atoms with van der Waals surface area (Å²) in [5.41, 5.74) is 2.06. The highest BCUT2D eigenvalue weighted by atomic mass is 16.4. The SMILES string of the molecule is CCN(Cc1ccccc1CC(=O)O)C1CNC1. The number of nitrogens with one attached hydrogen (secondary N) is 1. The van der Waals surface area contributed by atoms with Gasteiger partial charge in [0.05, 0.1) is 6.42 Å². The molecule has 2 N–H and O–H groups in total. The van der Waals surface area contributed by atoms with Crippen molar-refractivity contribution < 1.29 is 9.90 Å². The van der Waals surface area contributed by atoms with Crippen LogP contribution in [0.4, 0.5) is 0 Å². The first-order chi connectivity index (χ1) is 8.70. The van der Waals surface area contributed by atoms with E-state index >= 15 is 0 Å². The van der Waals surface area contributed by atoms with Gasteiger partial charge in [-0.3, -0.25) is 9.69 Å². The Bertz CT molecular complexity index is 416. The Balaban J connectivity index is 2.08. The minimum absolute atomic E-state index is 0.108. The van der Waals surface area contributed by atoms with Crippen molar-refractivity contribution in [1.82, 2.24) is 10.2 Å². The van der Waals surface area contributed by atoms with Crippen LogP contribution in [0.1, 0.15) is 18.1 Å². The highest BCUT2D eigenvalue weighted by molar-refractivity contribution is 5.70. The normalized spacial score (nSPS) is 15.7. The Labute approximate surface area is 108 Å². The van der Waals surface area contributed by atoms with Crippen molar-refractivity contribution in [2.24, 2.45) is 0 Å². The van der Waals surface area contributed by atoms with Crippen LogP contribution in [0.15, 0.2) is 24.3 Å². The van der Waals surface area contributed by atoms with Crippen molar-refractivity contribution in [2.75, 3.05) is 19.6 Å². The minimum Gasteiger partial charge on any atom is -0.481 e. The topological polar surface area (TPSA) is 52.6 Å². The van der Waals surface area contributed by atoms with Crippen LogP contribution >= 0.6 is 0 Å². The first-order valence-corrected chi connectivity index (χ1v) is 6.44. The van der Waals surface area contributed by atoms with Crippen molar-refractivity contribution in [3.05, 3.63) is 35.4 Å².